The van der Waals surface area contributed by atoms with E-state index in [2.05, 4.69) is 25.8 Å². The average Bonchev–Trinajstić information content (AvgIpc) is 3.15. The van der Waals surface area contributed by atoms with Crippen LogP contribution in [0.5, 0.6) is 0 Å². The number of guanidine groups is 1. The number of rotatable bonds is 9. The van der Waals surface area contributed by atoms with E-state index in [0.29, 0.717) is 31.4 Å². The minimum Gasteiger partial charge on any atom is -0.459 e. The second kappa shape index (κ2) is 14.3. The summed E-state index contributed by atoms with van der Waals surface area (Å²) in [5.41, 5.74) is 0.835. The fraction of sp³-hybridized carbons (Fsp3) is 0.667. The number of hydrogen-bond acceptors (Lipinski definition) is 5. The number of halogens is 1. The first kappa shape index (κ1) is 27.2. The van der Waals surface area contributed by atoms with Crippen LogP contribution in [0.4, 0.5) is 0 Å². The summed E-state index contributed by atoms with van der Waals surface area (Å²) in [5.74, 6) is 1.12. The summed E-state index contributed by atoms with van der Waals surface area (Å²) in [7, 11) is 3.58. The Morgan fingerprint density at radius 3 is 2.55 bits per heavy atom. The molecule has 3 N–H and O–H groups in total. The van der Waals surface area contributed by atoms with Gasteiger partial charge in [0.15, 0.2) is 11.7 Å². The molecule has 0 radical (unpaired) electrons. The summed E-state index contributed by atoms with van der Waals surface area (Å²) in [4.78, 5) is 32.3. The normalized spacial score (nSPS) is 15.2. The predicted octanol–water partition coefficient (Wildman–Crippen LogP) is 1.43. The highest BCUT2D eigenvalue weighted by Crippen LogP contribution is 2.10. The maximum absolute atomic E-state index is 12.0. The quantitative estimate of drug-likeness (QED) is 0.187. The van der Waals surface area contributed by atoms with Crippen molar-refractivity contribution in [1.29, 1.82) is 0 Å². The fourth-order valence-corrected chi connectivity index (χ4v) is 3.24. The van der Waals surface area contributed by atoms with Crippen LogP contribution < -0.4 is 16.0 Å². The molecule has 1 aromatic rings. The molecule has 176 valence electrons. The minimum absolute atomic E-state index is 0. The monoisotopic (exact) mass is 548 g/mol. The van der Waals surface area contributed by atoms with Gasteiger partial charge >= 0.3 is 0 Å². The van der Waals surface area contributed by atoms with Crippen molar-refractivity contribution in [2.24, 2.45) is 4.99 Å². The lowest BCUT2D eigenvalue weighted by molar-refractivity contribution is -0.130. The number of piperidine rings is 1. The molecule has 0 atom stereocenters. The van der Waals surface area contributed by atoms with Gasteiger partial charge in [-0.05, 0) is 39.2 Å². The molecule has 10 heteroatoms. The third-order valence-electron chi connectivity index (χ3n) is 5.09. The first-order chi connectivity index (χ1) is 14.4. The Kier molecular flexibility index (Phi) is 12.5. The van der Waals surface area contributed by atoms with Crippen molar-refractivity contribution < 1.29 is 14.0 Å². The Balaban J connectivity index is 0.00000480. The van der Waals surface area contributed by atoms with Crippen LogP contribution in [0.15, 0.2) is 21.7 Å². The minimum atomic E-state index is -0.189. The third-order valence-corrected chi connectivity index (χ3v) is 5.09. The van der Waals surface area contributed by atoms with Crippen molar-refractivity contribution in [2.75, 3.05) is 53.4 Å². The van der Waals surface area contributed by atoms with Gasteiger partial charge in [-0.1, -0.05) is 0 Å². The van der Waals surface area contributed by atoms with Crippen molar-refractivity contribution in [3.8, 4) is 0 Å². The number of amides is 2. The van der Waals surface area contributed by atoms with Crippen LogP contribution in [0.25, 0.3) is 0 Å². The number of hydrogen-bond donors (Lipinski definition) is 3. The van der Waals surface area contributed by atoms with E-state index < -0.39 is 0 Å². The number of carbonyl (C=O) groups is 2. The van der Waals surface area contributed by atoms with Crippen LogP contribution >= 0.6 is 24.0 Å². The molecule has 31 heavy (non-hydrogen) atoms. The van der Waals surface area contributed by atoms with Crippen molar-refractivity contribution >= 4 is 41.8 Å². The Labute approximate surface area is 202 Å². The van der Waals surface area contributed by atoms with Gasteiger partial charge in [0.05, 0.1) is 12.8 Å². The van der Waals surface area contributed by atoms with Crippen LogP contribution in [0.2, 0.25) is 0 Å². The molecule has 1 saturated heterocycles. The SMILES string of the molecule is CCNC(=NCCCNC(=O)c1occc1C)NC1CCN(CC(=O)N(C)C)CC1.I. The summed E-state index contributed by atoms with van der Waals surface area (Å²) < 4.78 is 5.19. The number of nitrogens with zero attached hydrogens (tertiary/aromatic N) is 3. The van der Waals surface area contributed by atoms with E-state index >= 15 is 0 Å². The molecule has 1 fully saturated rings. The number of furan rings is 1. The first-order valence-corrected chi connectivity index (χ1v) is 10.7. The Hall–Kier alpha value is -1.82. The predicted molar refractivity (Wildman–Crippen MR) is 133 cm³/mol. The second-order valence-corrected chi connectivity index (χ2v) is 7.79. The summed E-state index contributed by atoms with van der Waals surface area (Å²) in [6.45, 7) is 8.11. The lowest BCUT2D eigenvalue weighted by Gasteiger charge is -2.33. The molecule has 0 saturated carbocycles. The molecule has 2 heterocycles. The number of likely N-dealkylation sites (N-methyl/N-ethyl adjacent to an activating group) is 1. The highest BCUT2D eigenvalue weighted by Gasteiger charge is 2.22. The third kappa shape index (κ3) is 9.46. The van der Waals surface area contributed by atoms with Crippen LogP contribution in [-0.4, -0.2) is 87.0 Å². The number of likely N-dealkylation sites (tertiary alicyclic amines) is 1. The van der Waals surface area contributed by atoms with Gasteiger partial charge in [0.25, 0.3) is 5.91 Å². The van der Waals surface area contributed by atoms with E-state index in [1.54, 1.807) is 25.1 Å². The van der Waals surface area contributed by atoms with Crippen molar-refractivity contribution in [2.45, 2.75) is 39.2 Å². The Bertz CT molecular complexity index is 714. The molecule has 9 nitrogen and oxygen atoms in total. The lowest BCUT2D eigenvalue weighted by Crippen LogP contribution is -2.50. The average molecular weight is 548 g/mol. The van der Waals surface area contributed by atoms with Crippen molar-refractivity contribution in [1.82, 2.24) is 25.8 Å². The van der Waals surface area contributed by atoms with Crippen LogP contribution in [0.1, 0.15) is 42.3 Å². The van der Waals surface area contributed by atoms with Gasteiger partial charge in [0.2, 0.25) is 5.91 Å². The highest BCUT2D eigenvalue weighted by molar-refractivity contribution is 14.0. The van der Waals surface area contributed by atoms with E-state index in [9.17, 15) is 9.59 Å². The molecule has 0 aromatic carbocycles. The van der Waals surface area contributed by atoms with Gasteiger partial charge in [-0.15, -0.1) is 24.0 Å². The number of carbonyl (C=O) groups excluding carboxylic acids is 2. The summed E-state index contributed by atoms with van der Waals surface area (Å²) in [6, 6.07) is 2.12. The van der Waals surface area contributed by atoms with E-state index in [4.69, 9.17) is 4.42 Å². The molecular formula is C21H37IN6O3. The smallest absolute Gasteiger partial charge is 0.287 e. The van der Waals surface area contributed by atoms with Crippen LogP contribution in [-0.2, 0) is 4.79 Å². The molecule has 1 aliphatic rings. The van der Waals surface area contributed by atoms with Gasteiger partial charge in [0, 0.05) is 58.4 Å². The second-order valence-electron chi connectivity index (χ2n) is 7.79. The topological polar surface area (TPSA) is 102 Å². The molecule has 0 bridgehead atoms. The Morgan fingerprint density at radius 1 is 1.26 bits per heavy atom. The zero-order chi connectivity index (χ0) is 21.9. The maximum Gasteiger partial charge on any atom is 0.287 e. The Morgan fingerprint density at radius 2 is 1.97 bits per heavy atom. The van der Waals surface area contributed by atoms with Crippen LogP contribution in [0.3, 0.4) is 0 Å². The van der Waals surface area contributed by atoms with E-state index in [1.165, 1.54) is 6.26 Å². The summed E-state index contributed by atoms with van der Waals surface area (Å²) in [5, 5.41) is 9.64. The number of nitrogens with one attached hydrogen (secondary N) is 3. The first-order valence-electron chi connectivity index (χ1n) is 10.7. The maximum atomic E-state index is 12.0. The molecule has 1 aliphatic heterocycles. The number of aliphatic imine (C=N–C) groups is 1. The fourth-order valence-electron chi connectivity index (χ4n) is 3.24. The van der Waals surface area contributed by atoms with Gasteiger partial charge in [0.1, 0.15) is 0 Å². The molecule has 2 rings (SSSR count). The van der Waals surface area contributed by atoms with Crippen molar-refractivity contribution in [3.63, 3.8) is 0 Å². The largest absolute Gasteiger partial charge is 0.459 e. The zero-order valence-electron chi connectivity index (χ0n) is 19.1. The molecule has 0 unspecified atom stereocenters. The van der Waals surface area contributed by atoms with Crippen molar-refractivity contribution in [3.05, 3.63) is 23.7 Å². The number of aryl methyl sites for hydroxylation is 1. The standard InChI is InChI=1S/C21H36N6O3.HI/c1-5-22-21(24-11-6-10-23-20(29)19-16(2)9-14-30-19)25-17-7-12-27(13-8-17)15-18(28)26(3)4;/h9,14,17H,5-8,10-13,15H2,1-4H3,(H,23,29)(H2,22,24,25);1H. The molecule has 1 aromatic heterocycles. The lowest BCUT2D eigenvalue weighted by atomic mass is 10.1. The van der Waals surface area contributed by atoms with Gasteiger partial charge in [-0.2, -0.15) is 0 Å². The van der Waals surface area contributed by atoms with E-state index in [1.807, 2.05) is 13.8 Å². The highest BCUT2D eigenvalue weighted by atomic mass is 127. The van der Waals surface area contributed by atoms with Gasteiger partial charge < -0.3 is 25.3 Å². The van der Waals surface area contributed by atoms with Gasteiger partial charge in [-0.25, -0.2) is 0 Å². The zero-order valence-corrected chi connectivity index (χ0v) is 21.4. The molecular weight excluding hydrogens is 511 g/mol. The van der Waals surface area contributed by atoms with Gasteiger partial charge in [-0.3, -0.25) is 19.5 Å². The summed E-state index contributed by atoms with van der Waals surface area (Å²) in [6.07, 6.45) is 4.22. The molecule has 0 aliphatic carbocycles. The summed E-state index contributed by atoms with van der Waals surface area (Å²) >= 11 is 0. The van der Waals surface area contributed by atoms with Crippen LogP contribution in [0, 0.1) is 6.92 Å². The molecule has 2 amide bonds. The van der Waals surface area contributed by atoms with E-state index in [-0.39, 0.29) is 35.8 Å². The van der Waals surface area contributed by atoms with E-state index in [0.717, 1.165) is 50.4 Å². The molecule has 0 spiro atoms.